The Morgan fingerprint density at radius 2 is 2.25 bits per heavy atom. The molecule has 3 N–H and O–H groups in total. The zero-order valence-electron chi connectivity index (χ0n) is 9.32. The van der Waals surface area contributed by atoms with E-state index in [1.54, 1.807) is 12.3 Å². The normalized spacial score (nSPS) is 10.4. The third-order valence-corrected chi connectivity index (χ3v) is 2.46. The molecule has 2 heterocycles. The smallest absolute Gasteiger partial charge is 0.197 e. The third kappa shape index (κ3) is 1.77. The van der Waals surface area contributed by atoms with E-state index < -0.39 is 0 Å². The minimum absolute atomic E-state index is 0.556. The van der Waals surface area contributed by atoms with Gasteiger partial charge in [-0.25, -0.2) is 15.8 Å². The highest BCUT2D eigenvalue weighted by Gasteiger charge is 2.11. The van der Waals surface area contributed by atoms with Crippen LogP contribution >= 0.6 is 0 Å². The van der Waals surface area contributed by atoms with Crippen LogP contribution in [0.4, 0.5) is 5.82 Å². The van der Waals surface area contributed by atoms with Crippen LogP contribution in [0.25, 0.3) is 11.6 Å². The van der Waals surface area contributed by atoms with Crippen molar-refractivity contribution in [1.29, 1.82) is 0 Å². The molecule has 5 heteroatoms. The van der Waals surface area contributed by atoms with E-state index in [1.807, 2.05) is 19.9 Å². The molecule has 0 atom stereocenters. The van der Waals surface area contributed by atoms with Crippen LogP contribution in [0.3, 0.4) is 0 Å². The van der Waals surface area contributed by atoms with E-state index in [0.717, 1.165) is 17.7 Å². The maximum absolute atomic E-state index is 5.43. The molecule has 0 aliphatic rings. The van der Waals surface area contributed by atoms with E-state index >= 15 is 0 Å². The molecule has 0 amide bonds. The molecule has 0 aromatic carbocycles. The predicted molar refractivity (Wildman–Crippen MR) is 61.7 cm³/mol. The van der Waals surface area contributed by atoms with Crippen LogP contribution in [-0.2, 0) is 6.42 Å². The molecule has 0 unspecified atom stereocenters. The number of hydrazine groups is 1. The Kier molecular flexibility index (Phi) is 2.87. The van der Waals surface area contributed by atoms with Crippen molar-refractivity contribution in [3.63, 3.8) is 0 Å². The van der Waals surface area contributed by atoms with Crippen molar-refractivity contribution in [3.05, 3.63) is 29.7 Å². The van der Waals surface area contributed by atoms with Crippen LogP contribution in [0, 0.1) is 6.92 Å². The van der Waals surface area contributed by atoms with Crippen molar-refractivity contribution < 1.29 is 4.42 Å². The zero-order valence-corrected chi connectivity index (χ0v) is 9.32. The fourth-order valence-electron chi connectivity index (χ4n) is 1.56. The first-order chi connectivity index (χ1) is 7.76. The highest BCUT2D eigenvalue weighted by atomic mass is 16.3. The van der Waals surface area contributed by atoms with E-state index in [2.05, 4.69) is 15.4 Å². The lowest BCUT2D eigenvalue weighted by molar-refractivity contribution is 0.576. The number of nitrogen functional groups attached to an aromatic ring is 1. The van der Waals surface area contributed by atoms with Gasteiger partial charge >= 0.3 is 0 Å². The van der Waals surface area contributed by atoms with Crippen molar-refractivity contribution in [2.75, 3.05) is 5.43 Å². The van der Waals surface area contributed by atoms with Gasteiger partial charge in [0, 0.05) is 11.3 Å². The summed E-state index contributed by atoms with van der Waals surface area (Å²) < 4.78 is 5.26. The lowest BCUT2D eigenvalue weighted by Crippen LogP contribution is -2.13. The van der Waals surface area contributed by atoms with Gasteiger partial charge in [-0.05, 0) is 25.5 Å². The van der Waals surface area contributed by atoms with Crippen LogP contribution in [0.2, 0.25) is 0 Å². The topological polar surface area (TPSA) is 77.0 Å². The summed E-state index contributed by atoms with van der Waals surface area (Å²) in [4.78, 5) is 8.74. The minimum atomic E-state index is 0.556. The molecule has 0 aliphatic heterocycles. The van der Waals surface area contributed by atoms with Crippen molar-refractivity contribution in [2.45, 2.75) is 20.3 Å². The second-order valence-electron chi connectivity index (χ2n) is 3.44. The van der Waals surface area contributed by atoms with E-state index in [0.29, 0.717) is 17.4 Å². The summed E-state index contributed by atoms with van der Waals surface area (Å²) in [5, 5.41) is 0. The SMILES string of the molecule is CCc1nc(-c2ccco2)nc(NN)c1C. The highest BCUT2D eigenvalue weighted by molar-refractivity contribution is 5.54. The van der Waals surface area contributed by atoms with Crippen molar-refractivity contribution in [2.24, 2.45) is 5.84 Å². The molecule has 0 radical (unpaired) electrons. The largest absolute Gasteiger partial charge is 0.461 e. The van der Waals surface area contributed by atoms with E-state index in [-0.39, 0.29) is 0 Å². The Morgan fingerprint density at radius 1 is 1.44 bits per heavy atom. The molecule has 16 heavy (non-hydrogen) atoms. The third-order valence-electron chi connectivity index (χ3n) is 2.46. The van der Waals surface area contributed by atoms with Gasteiger partial charge in [0.05, 0.1) is 6.26 Å². The van der Waals surface area contributed by atoms with Crippen LogP contribution in [0.5, 0.6) is 0 Å². The van der Waals surface area contributed by atoms with E-state index in [9.17, 15) is 0 Å². The Balaban J connectivity index is 2.56. The number of aryl methyl sites for hydroxylation is 1. The molecule has 0 fully saturated rings. The van der Waals surface area contributed by atoms with Crippen LogP contribution < -0.4 is 11.3 Å². The van der Waals surface area contributed by atoms with Crippen molar-refractivity contribution in [1.82, 2.24) is 9.97 Å². The maximum Gasteiger partial charge on any atom is 0.197 e. The highest BCUT2D eigenvalue weighted by Crippen LogP contribution is 2.21. The van der Waals surface area contributed by atoms with Gasteiger partial charge in [0.25, 0.3) is 0 Å². The van der Waals surface area contributed by atoms with Crippen LogP contribution in [-0.4, -0.2) is 9.97 Å². The number of nitrogens with one attached hydrogen (secondary N) is 1. The van der Waals surface area contributed by atoms with Gasteiger partial charge < -0.3 is 9.84 Å². The Labute approximate surface area is 93.7 Å². The second-order valence-corrected chi connectivity index (χ2v) is 3.44. The Hall–Kier alpha value is -1.88. The van der Waals surface area contributed by atoms with Gasteiger partial charge in [-0.2, -0.15) is 0 Å². The number of anilines is 1. The average molecular weight is 218 g/mol. The lowest BCUT2D eigenvalue weighted by atomic mass is 10.2. The van der Waals surface area contributed by atoms with Gasteiger partial charge in [0.15, 0.2) is 11.6 Å². The summed E-state index contributed by atoms with van der Waals surface area (Å²) in [5.41, 5.74) is 4.52. The first kappa shape index (κ1) is 10.6. The van der Waals surface area contributed by atoms with Gasteiger partial charge in [0.1, 0.15) is 5.82 Å². The number of nitrogens with zero attached hydrogens (tertiary/aromatic N) is 2. The quantitative estimate of drug-likeness (QED) is 0.607. The van der Waals surface area contributed by atoms with Crippen LogP contribution in [0.15, 0.2) is 22.8 Å². The van der Waals surface area contributed by atoms with Gasteiger partial charge in [0.2, 0.25) is 0 Å². The first-order valence-electron chi connectivity index (χ1n) is 5.14. The van der Waals surface area contributed by atoms with Crippen LogP contribution in [0.1, 0.15) is 18.2 Å². The van der Waals surface area contributed by atoms with E-state index in [1.165, 1.54) is 0 Å². The number of aromatic nitrogens is 2. The molecule has 84 valence electrons. The van der Waals surface area contributed by atoms with Crippen molar-refractivity contribution in [3.8, 4) is 11.6 Å². The molecular weight excluding hydrogens is 204 g/mol. The van der Waals surface area contributed by atoms with Gasteiger partial charge in [-0.3, -0.25) is 0 Å². The molecule has 2 aromatic heterocycles. The number of furan rings is 1. The molecular formula is C11H14N4O. The predicted octanol–water partition coefficient (Wildman–Crippen LogP) is 1.89. The molecule has 2 rings (SSSR count). The summed E-state index contributed by atoms with van der Waals surface area (Å²) >= 11 is 0. The summed E-state index contributed by atoms with van der Waals surface area (Å²) in [6, 6.07) is 3.63. The van der Waals surface area contributed by atoms with E-state index in [4.69, 9.17) is 10.3 Å². The summed E-state index contributed by atoms with van der Waals surface area (Å²) in [5.74, 6) is 7.26. The molecule has 0 aliphatic carbocycles. The maximum atomic E-state index is 5.43. The standard InChI is InChI=1S/C11H14N4O/c1-3-8-7(2)10(15-12)14-11(13-8)9-5-4-6-16-9/h4-6H,3,12H2,1-2H3,(H,13,14,15). The molecule has 0 saturated heterocycles. The minimum Gasteiger partial charge on any atom is -0.461 e. The zero-order chi connectivity index (χ0) is 11.5. The fraction of sp³-hybridized carbons (Fsp3) is 0.273. The fourth-order valence-corrected chi connectivity index (χ4v) is 1.56. The summed E-state index contributed by atoms with van der Waals surface area (Å²) in [7, 11) is 0. The molecule has 2 aromatic rings. The lowest BCUT2D eigenvalue weighted by Gasteiger charge is -2.09. The Morgan fingerprint density at radius 3 is 2.81 bits per heavy atom. The average Bonchev–Trinajstić information content (AvgIpc) is 2.83. The van der Waals surface area contributed by atoms with Gasteiger partial charge in [-0.15, -0.1) is 0 Å². The second kappa shape index (κ2) is 4.32. The molecule has 0 spiro atoms. The van der Waals surface area contributed by atoms with Gasteiger partial charge in [-0.1, -0.05) is 6.92 Å². The number of rotatable bonds is 3. The molecule has 5 nitrogen and oxygen atoms in total. The Bertz CT molecular complexity index is 454. The summed E-state index contributed by atoms with van der Waals surface area (Å²) in [6.45, 7) is 3.99. The van der Waals surface area contributed by atoms with Crippen molar-refractivity contribution >= 4 is 5.82 Å². The summed E-state index contributed by atoms with van der Waals surface area (Å²) in [6.07, 6.45) is 2.43. The monoisotopic (exact) mass is 218 g/mol. The number of hydrogen-bond donors (Lipinski definition) is 2. The molecule has 0 saturated carbocycles. The number of nitrogens with two attached hydrogens (primary N) is 1. The molecule has 0 bridgehead atoms. The number of hydrogen-bond acceptors (Lipinski definition) is 5. The first-order valence-corrected chi connectivity index (χ1v) is 5.14.